The van der Waals surface area contributed by atoms with E-state index in [0.717, 1.165) is 48.1 Å². The molecule has 5 rings (SSSR count). The maximum Gasteiger partial charge on any atom is 0.287 e. The first-order chi connectivity index (χ1) is 18.3. The van der Waals surface area contributed by atoms with Crippen LogP contribution in [0, 0.1) is 10.1 Å². The molecule has 1 saturated carbocycles. The quantitative estimate of drug-likeness (QED) is 0.212. The van der Waals surface area contributed by atoms with E-state index >= 15 is 0 Å². The Balaban J connectivity index is 1.20. The number of para-hydroxylation sites is 1. The predicted octanol–water partition coefficient (Wildman–Crippen LogP) is 6.28. The molecule has 38 heavy (non-hydrogen) atoms. The van der Waals surface area contributed by atoms with Gasteiger partial charge in [0.05, 0.1) is 16.0 Å². The lowest BCUT2D eigenvalue weighted by atomic mass is 9.91. The number of rotatable bonds is 7. The van der Waals surface area contributed by atoms with Gasteiger partial charge < -0.3 is 20.0 Å². The first kappa shape index (κ1) is 25.5. The highest BCUT2D eigenvalue weighted by Gasteiger charge is 2.25. The summed E-state index contributed by atoms with van der Waals surface area (Å²) in [7, 11) is 4.05. The second-order valence-corrected chi connectivity index (χ2v) is 10.1. The number of halogens is 1. The molecule has 1 aliphatic rings. The van der Waals surface area contributed by atoms with E-state index in [1.54, 1.807) is 12.1 Å². The van der Waals surface area contributed by atoms with Crippen LogP contribution >= 0.6 is 11.6 Å². The largest absolute Gasteiger partial charge is 0.451 e. The van der Waals surface area contributed by atoms with Crippen LogP contribution in [-0.2, 0) is 0 Å². The minimum atomic E-state index is -0.523. The topological polar surface area (TPSA) is 114 Å². The number of nitrogens with one attached hydrogen (secondary N) is 2. The van der Waals surface area contributed by atoms with Gasteiger partial charge in [0.2, 0.25) is 0 Å². The van der Waals surface area contributed by atoms with Crippen LogP contribution in [0.1, 0.15) is 36.2 Å². The number of amides is 1. The van der Waals surface area contributed by atoms with E-state index in [2.05, 4.69) is 27.7 Å². The molecule has 9 nitrogen and oxygen atoms in total. The number of anilines is 2. The molecular weight excluding hydrogens is 506 g/mol. The standard InChI is InChI=1S/C28H28ClN5O4/c1-33(2)23-16-27(32-22-6-4-3-5-20(22)23)30-18-8-10-19(11-9-18)31-28(35)26-14-13-25(38-26)21-12-7-17(29)15-24(21)34(36)37/h3-7,12-16,18-19H,8-11H2,1-2H3,(H,30,32)(H,31,35). The van der Waals surface area contributed by atoms with Gasteiger partial charge in [0.25, 0.3) is 11.6 Å². The number of fused-ring (bicyclic) bond motifs is 1. The van der Waals surface area contributed by atoms with Crippen LogP contribution in [-0.4, -0.2) is 42.0 Å². The summed E-state index contributed by atoms with van der Waals surface area (Å²) in [5.74, 6) is 0.864. The van der Waals surface area contributed by atoms with E-state index in [4.69, 9.17) is 21.0 Å². The van der Waals surface area contributed by atoms with Crippen molar-refractivity contribution >= 4 is 45.6 Å². The third-order valence-corrected chi connectivity index (χ3v) is 7.08. The van der Waals surface area contributed by atoms with E-state index in [1.807, 2.05) is 32.3 Å². The van der Waals surface area contributed by atoms with E-state index in [-0.39, 0.29) is 45.8 Å². The fourth-order valence-corrected chi connectivity index (χ4v) is 5.08. The van der Waals surface area contributed by atoms with Crippen LogP contribution in [0.5, 0.6) is 0 Å². The van der Waals surface area contributed by atoms with Crippen molar-refractivity contribution in [2.75, 3.05) is 24.3 Å². The zero-order valence-corrected chi connectivity index (χ0v) is 21.9. The zero-order valence-electron chi connectivity index (χ0n) is 21.1. The molecule has 2 N–H and O–H groups in total. The fraction of sp³-hybridized carbons (Fsp3) is 0.286. The molecule has 1 aliphatic carbocycles. The Hall–Kier alpha value is -4.11. The van der Waals surface area contributed by atoms with Gasteiger partial charge >= 0.3 is 0 Å². The maximum atomic E-state index is 12.8. The molecule has 0 aliphatic heterocycles. The van der Waals surface area contributed by atoms with Crippen LogP contribution in [0.3, 0.4) is 0 Å². The number of hydrogen-bond donors (Lipinski definition) is 2. The Labute approximate surface area is 224 Å². The highest BCUT2D eigenvalue weighted by molar-refractivity contribution is 6.30. The molecule has 0 radical (unpaired) electrons. The summed E-state index contributed by atoms with van der Waals surface area (Å²) in [5, 5.41) is 19.4. The number of furan rings is 1. The van der Waals surface area contributed by atoms with E-state index in [0.29, 0.717) is 0 Å². The summed E-state index contributed by atoms with van der Waals surface area (Å²) in [6, 6.07) is 17.9. The number of nitro groups is 1. The Kier molecular flexibility index (Phi) is 7.20. The second kappa shape index (κ2) is 10.7. The number of pyridine rings is 1. The van der Waals surface area contributed by atoms with Gasteiger partial charge in [-0.05, 0) is 56.0 Å². The van der Waals surface area contributed by atoms with Crippen molar-refractivity contribution in [2.24, 2.45) is 0 Å². The van der Waals surface area contributed by atoms with Crippen molar-refractivity contribution in [2.45, 2.75) is 37.8 Å². The van der Waals surface area contributed by atoms with Crippen molar-refractivity contribution in [1.82, 2.24) is 10.3 Å². The average molecular weight is 534 g/mol. The molecule has 0 spiro atoms. The molecule has 1 amide bonds. The lowest BCUT2D eigenvalue weighted by molar-refractivity contribution is -0.384. The van der Waals surface area contributed by atoms with Crippen LogP contribution < -0.4 is 15.5 Å². The van der Waals surface area contributed by atoms with Gasteiger partial charge in [-0.25, -0.2) is 4.98 Å². The number of nitrogens with zero attached hydrogens (tertiary/aromatic N) is 3. The molecule has 2 heterocycles. The minimum Gasteiger partial charge on any atom is -0.451 e. The number of carbonyl (C=O) groups is 1. The summed E-state index contributed by atoms with van der Waals surface area (Å²) in [6.07, 6.45) is 3.40. The van der Waals surface area contributed by atoms with Gasteiger partial charge in [0.15, 0.2) is 5.76 Å². The molecule has 1 fully saturated rings. The van der Waals surface area contributed by atoms with Crippen LogP contribution in [0.2, 0.25) is 5.02 Å². The summed E-state index contributed by atoms with van der Waals surface area (Å²) in [5.41, 5.74) is 2.15. The first-order valence-electron chi connectivity index (χ1n) is 12.5. The van der Waals surface area contributed by atoms with Crippen molar-refractivity contribution in [3.8, 4) is 11.3 Å². The zero-order chi connectivity index (χ0) is 26.8. The Morgan fingerprint density at radius 1 is 1.05 bits per heavy atom. The van der Waals surface area contributed by atoms with Gasteiger partial charge in [-0.2, -0.15) is 0 Å². The van der Waals surface area contributed by atoms with Gasteiger partial charge in [0, 0.05) is 54.4 Å². The van der Waals surface area contributed by atoms with Crippen molar-refractivity contribution in [3.63, 3.8) is 0 Å². The first-order valence-corrected chi connectivity index (χ1v) is 12.8. The molecule has 0 saturated heterocycles. The smallest absolute Gasteiger partial charge is 0.287 e. The van der Waals surface area contributed by atoms with Crippen LogP contribution in [0.15, 0.2) is 65.1 Å². The van der Waals surface area contributed by atoms with Crippen LogP contribution in [0.25, 0.3) is 22.2 Å². The summed E-state index contributed by atoms with van der Waals surface area (Å²) in [6.45, 7) is 0. The van der Waals surface area contributed by atoms with Gasteiger partial charge in [-0.15, -0.1) is 0 Å². The Bertz CT molecular complexity index is 1490. The average Bonchev–Trinajstić information content (AvgIpc) is 3.39. The second-order valence-electron chi connectivity index (χ2n) is 9.69. The van der Waals surface area contributed by atoms with Crippen LogP contribution in [0.4, 0.5) is 17.2 Å². The lowest BCUT2D eigenvalue weighted by Crippen LogP contribution is -2.40. The fourth-order valence-electron chi connectivity index (χ4n) is 4.92. The molecule has 0 unspecified atom stereocenters. The third kappa shape index (κ3) is 5.43. The molecule has 196 valence electrons. The molecule has 10 heteroatoms. The highest BCUT2D eigenvalue weighted by atomic mass is 35.5. The molecule has 2 aromatic heterocycles. The minimum absolute atomic E-state index is 0.0147. The summed E-state index contributed by atoms with van der Waals surface area (Å²) < 4.78 is 5.69. The highest BCUT2D eigenvalue weighted by Crippen LogP contribution is 2.34. The molecule has 2 aromatic carbocycles. The van der Waals surface area contributed by atoms with E-state index < -0.39 is 4.92 Å². The van der Waals surface area contributed by atoms with Gasteiger partial charge in [-0.1, -0.05) is 29.8 Å². The Morgan fingerprint density at radius 3 is 2.53 bits per heavy atom. The van der Waals surface area contributed by atoms with Crippen molar-refractivity contribution in [3.05, 3.63) is 81.6 Å². The Morgan fingerprint density at radius 2 is 1.79 bits per heavy atom. The number of benzene rings is 2. The van der Waals surface area contributed by atoms with Gasteiger partial charge in [0.1, 0.15) is 11.6 Å². The SMILES string of the molecule is CN(C)c1cc(NC2CCC(NC(=O)c3ccc(-c4ccc(Cl)cc4[N+](=O)[O-])o3)CC2)nc2ccccc12. The molecule has 0 bridgehead atoms. The summed E-state index contributed by atoms with van der Waals surface area (Å²) in [4.78, 5) is 30.6. The molecular formula is C28H28ClN5O4. The normalized spacial score (nSPS) is 17.2. The number of carbonyl (C=O) groups excluding carboxylic acids is 1. The predicted molar refractivity (Wildman–Crippen MR) is 149 cm³/mol. The monoisotopic (exact) mass is 533 g/mol. The number of nitro benzene ring substituents is 1. The summed E-state index contributed by atoms with van der Waals surface area (Å²) >= 11 is 5.90. The lowest BCUT2D eigenvalue weighted by Gasteiger charge is -2.30. The van der Waals surface area contributed by atoms with Crippen molar-refractivity contribution in [1.29, 1.82) is 0 Å². The van der Waals surface area contributed by atoms with Gasteiger partial charge in [-0.3, -0.25) is 14.9 Å². The van der Waals surface area contributed by atoms with E-state index in [9.17, 15) is 14.9 Å². The van der Waals surface area contributed by atoms with E-state index in [1.165, 1.54) is 18.2 Å². The number of hydrogen-bond acceptors (Lipinski definition) is 7. The van der Waals surface area contributed by atoms with Crippen molar-refractivity contribution < 1.29 is 14.1 Å². The third-order valence-electron chi connectivity index (χ3n) is 6.84. The molecule has 0 atom stereocenters. The maximum absolute atomic E-state index is 12.8. The number of aromatic nitrogens is 1. The molecule has 4 aromatic rings.